The molecule has 0 aliphatic rings. The van der Waals surface area contributed by atoms with Gasteiger partial charge in [-0.25, -0.2) is 0 Å². The summed E-state index contributed by atoms with van der Waals surface area (Å²) in [4.78, 5) is 0. The van der Waals surface area contributed by atoms with Crippen molar-refractivity contribution in [3.63, 3.8) is 0 Å². The Bertz CT molecular complexity index is 377. The van der Waals surface area contributed by atoms with E-state index in [2.05, 4.69) is 11.8 Å². The lowest BCUT2D eigenvalue weighted by Gasteiger charge is -2.07. The Hall–Kier alpha value is -1.50. The molecule has 0 radical (unpaired) electrons. The third-order valence-electron chi connectivity index (χ3n) is 2.08. The molecular weight excluding hydrogens is 216 g/mol. The SMILES string of the molecule is CCOCCCOc1ccccc1C#CCO. The standard InChI is InChI=1S/C14H18O3/c1-2-16-11-6-12-17-14-9-4-3-7-13(14)8-5-10-15/h3-4,7,9,15H,2,6,10-12H2,1H3. The Kier molecular flexibility index (Phi) is 6.89. The third-order valence-corrected chi connectivity index (χ3v) is 2.08. The number of ether oxygens (including phenoxy) is 2. The molecule has 3 nitrogen and oxygen atoms in total. The molecule has 0 bridgehead atoms. The van der Waals surface area contributed by atoms with E-state index in [-0.39, 0.29) is 6.61 Å². The van der Waals surface area contributed by atoms with Gasteiger partial charge in [0, 0.05) is 19.6 Å². The van der Waals surface area contributed by atoms with Gasteiger partial charge in [-0.15, -0.1) is 0 Å². The van der Waals surface area contributed by atoms with Gasteiger partial charge in [0.05, 0.1) is 12.2 Å². The molecule has 0 saturated heterocycles. The van der Waals surface area contributed by atoms with Crippen molar-refractivity contribution in [1.29, 1.82) is 0 Å². The van der Waals surface area contributed by atoms with Gasteiger partial charge in [0.1, 0.15) is 12.4 Å². The lowest BCUT2D eigenvalue weighted by atomic mass is 10.2. The number of hydrogen-bond donors (Lipinski definition) is 1. The van der Waals surface area contributed by atoms with Crippen molar-refractivity contribution in [1.82, 2.24) is 0 Å². The van der Waals surface area contributed by atoms with Crippen molar-refractivity contribution < 1.29 is 14.6 Å². The average Bonchev–Trinajstić information content (AvgIpc) is 2.37. The van der Waals surface area contributed by atoms with Crippen molar-refractivity contribution in [3.8, 4) is 17.6 Å². The molecule has 0 amide bonds. The summed E-state index contributed by atoms with van der Waals surface area (Å²) < 4.78 is 10.8. The first-order valence-corrected chi connectivity index (χ1v) is 5.77. The number of para-hydroxylation sites is 1. The van der Waals surface area contributed by atoms with Gasteiger partial charge in [0.15, 0.2) is 0 Å². The molecule has 0 spiro atoms. The molecule has 0 atom stereocenters. The molecule has 0 aliphatic carbocycles. The molecule has 0 heterocycles. The van der Waals surface area contributed by atoms with Crippen LogP contribution in [0.3, 0.4) is 0 Å². The Morgan fingerprint density at radius 1 is 1.24 bits per heavy atom. The Morgan fingerprint density at radius 3 is 2.82 bits per heavy atom. The van der Waals surface area contributed by atoms with Crippen LogP contribution in [0.25, 0.3) is 0 Å². The molecule has 0 saturated carbocycles. The van der Waals surface area contributed by atoms with E-state index < -0.39 is 0 Å². The summed E-state index contributed by atoms with van der Waals surface area (Å²) in [6, 6.07) is 7.55. The summed E-state index contributed by atoms with van der Waals surface area (Å²) in [6.07, 6.45) is 0.857. The van der Waals surface area contributed by atoms with Crippen molar-refractivity contribution in [2.45, 2.75) is 13.3 Å². The molecule has 0 fully saturated rings. The van der Waals surface area contributed by atoms with Crippen LogP contribution in [0.2, 0.25) is 0 Å². The van der Waals surface area contributed by atoms with Gasteiger partial charge >= 0.3 is 0 Å². The highest BCUT2D eigenvalue weighted by molar-refractivity contribution is 5.45. The molecule has 0 aliphatic heterocycles. The lowest BCUT2D eigenvalue weighted by molar-refractivity contribution is 0.131. The van der Waals surface area contributed by atoms with Crippen LogP contribution in [-0.2, 0) is 4.74 Å². The zero-order valence-corrected chi connectivity index (χ0v) is 10.1. The first kappa shape index (κ1) is 13.6. The maximum absolute atomic E-state index is 8.66. The van der Waals surface area contributed by atoms with Crippen molar-refractivity contribution in [2.75, 3.05) is 26.4 Å². The van der Waals surface area contributed by atoms with E-state index in [0.717, 1.165) is 24.3 Å². The molecule has 1 N–H and O–H groups in total. The highest BCUT2D eigenvalue weighted by atomic mass is 16.5. The van der Waals surface area contributed by atoms with Gasteiger partial charge in [0.2, 0.25) is 0 Å². The summed E-state index contributed by atoms with van der Waals surface area (Å²) in [6.45, 7) is 3.89. The number of aliphatic hydroxyl groups excluding tert-OH is 1. The number of aliphatic hydroxyl groups is 1. The van der Waals surface area contributed by atoms with Crippen LogP contribution in [0.5, 0.6) is 5.75 Å². The summed E-state index contributed by atoms with van der Waals surface area (Å²) in [7, 11) is 0. The van der Waals surface area contributed by atoms with Crippen molar-refractivity contribution in [3.05, 3.63) is 29.8 Å². The fourth-order valence-corrected chi connectivity index (χ4v) is 1.32. The zero-order chi connectivity index (χ0) is 12.3. The van der Waals surface area contributed by atoms with E-state index in [1.807, 2.05) is 31.2 Å². The number of benzene rings is 1. The summed E-state index contributed by atoms with van der Waals surface area (Å²) >= 11 is 0. The first-order chi connectivity index (χ1) is 8.38. The van der Waals surface area contributed by atoms with Crippen LogP contribution in [0.15, 0.2) is 24.3 Å². The monoisotopic (exact) mass is 234 g/mol. The maximum atomic E-state index is 8.66. The second-order valence-corrected chi connectivity index (χ2v) is 3.35. The van der Waals surface area contributed by atoms with Crippen molar-refractivity contribution >= 4 is 0 Å². The summed E-state index contributed by atoms with van der Waals surface area (Å²) in [5.74, 6) is 6.23. The molecule has 1 aromatic rings. The van der Waals surface area contributed by atoms with Crippen LogP contribution in [0.4, 0.5) is 0 Å². The van der Waals surface area contributed by atoms with E-state index >= 15 is 0 Å². The van der Waals surface area contributed by atoms with Crippen LogP contribution in [-0.4, -0.2) is 31.5 Å². The van der Waals surface area contributed by atoms with E-state index in [1.165, 1.54) is 0 Å². The highest BCUT2D eigenvalue weighted by Crippen LogP contribution is 2.16. The Labute approximate surface area is 102 Å². The summed E-state index contributed by atoms with van der Waals surface area (Å²) in [5, 5.41) is 8.66. The van der Waals surface area contributed by atoms with Crippen LogP contribution < -0.4 is 4.74 Å². The highest BCUT2D eigenvalue weighted by Gasteiger charge is 1.99. The molecule has 0 unspecified atom stereocenters. The smallest absolute Gasteiger partial charge is 0.134 e. The largest absolute Gasteiger partial charge is 0.492 e. The van der Waals surface area contributed by atoms with Gasteiger partial charge in [-0.2, -0.15) is 0 Å². The first-order valence-electron chi connectivity index (χ1n) is 5.77. The molecule has 17 heavy (non-hydrogen) atoms. The second-order valence-electron chi connectivity index (χ2n) is 3.35. The number of rotatable bonds is 6. The third kappa shape index (κ3) is 5.39. The topological polar surface area (TPSA) is 38.7 Å². The van der Waals surface area contributed by atoms with E-state index in [4.69, 9.17) is 14.6 Å². The van der Waals surface area contributed by atoms with Gasteiger partial charge in [-0.05, 0) is 19.1 Å². The maximum Gasteiger partial charge on any atom is 0.134 e. The molecule has 0 aromatic heterocycles. The minimum Gasteiger partial charge on any atom is -0.492 e. The predicted molar refractivity (Wildman–Crippen MR) is 67.0 cm³/mol. The van der Waals surface area contributed by atoms with Crippen molar-refractivity contribution in [2.24, 2.45) is 0 Å². The van der Waals surface area contributed by atoms with E-state index in [9.17, 15) is 0 Å². The second kappa shape index (κ2) is 8.63. The van der Waals surface area contributed by atoms with E-state index in [0.29, 0.717) is 13.2 Å². The predicted octanol–water partition coefficient (Wildman–Crippen LogP) is 1.84. The van der Waals surface area contributed by atoms with E-state index in [1.54, 1.807) is 0 Å². The van der Waals surface area contributed by atoms with Gasteiger partial charge in [-0.1, -0.05) is 24.0 Å². The average molecular weight is 234 g/mol. The molecular formula is C14H18O3. The van der Waals surface area contributed by atoms with Crippen LogP contribution >= 0.6 is 0 Å². The fourth-order valence-electron chi connectivity index (χ4n) is 1.32. The quantitative estimate of drug-likeness (QED) is 0.603. The van der Waals surface area contributed by atoms with Crippen LogP contribution in [0.1, 0.15) is 18.9 Å². The molecule has 92 valence electrons. The van der Waals surface area contributed by atoms with Gasteiger partial charge in [0.25, 0.3) is 0 Å². The molecule has 1 rings (SSSR count). The minimum atomic E-state index is -0.140. The zero-order valence-electron chi connectivity index (χ0n) is 10.1. The summed E-state index contributed by atoms with van der Waals surface area (Å²) in [5.41, 5.74) is 0.804. The molecule has 3 heteroatoms. The number of hydrogen-bond acceptors (Lipinski definition) is 3. The minimum absolute atomic E-state index is 0.140. The molecule has 1 aromatic carbocycles. The normalized spacial score (nSPS) is 9.53. The van der Waals surface area contributed by atoms with Gasteiger partial charge < -0.3 is 14.6 Å². The fraction of sp³-hybridized carbons (Fsp3) is 0.429. The van der Waals surface area contributed by atoms with Gasteiger partial charge in [-0.3, -0.25) is 0 Å². The Morgan fingerprint density at radius 2 is 2.06 bits per heavy atom. The Balaban J connectivity index is 2.46. The lowest BCUT2D eigenvalue weighted by Crippen LogP contribution is -2.03. The van der Waals surface area contributed by atoms with Crippen LogP contribution in [0, 0.1) is 11.8 Å².